The second kappa shape index (κ2) is 8.01. The minimum absolute atomic E-state index is 0.000108. The maximum Gasteiger partial charge on any atom is 0.227 e. The molecule has 1 aliphatic rings. The third-order valence-electron chi connectivity index (χ3n) is 4.21. The van der Waals surface area contributed by atoms with Gasteiger partial charge in [0.2, 0.25) is 5.91 Å². The van der Waals surface area contributed by atoms with Crippen molar-refractivity contribution in [1.29, 1.82) is 0 Å². The van der Waals surface area contributed by atoms with Gasteiger partial charge >= 0.3 is 0 Å². The van der Waals surface area contributed by atoms with Crippen LogP contribution in [0, 0.1) is 11.7 Å². The lowest BCUT2D eigenvalue weighted by Crippen LogP contribution is -2.38. The highest BCUT2D eigenvalue weighted by atomic mass is 35.5. The lowest BCUT2D eigenvalue weighted by Gasteiger charge is -2.31. The van der Waals surface area contributed by atoms with Crippen LogP contribution < -0.4 is 10.2 Å². The Balaban J connectivity index is 1.55. The summed E-state index contributed by atoms with van der Waals surface area (Å²) in [6.45, 7) is 1.49. The van der Waals surface area contributed by atoms with Crippen molar-refractivity contribution in [2.45, 2.75) is 17.9 Å². The number of anilines is 2. The van der Waals surface area contributed by atoms with Crippen LogP contribution in [0.3, 0.4) is 0 Å². The number of hydrogen-bond acceptors (Lipinski definition) is 5. The summed E-state index contributed by atoms with van der Waals surface area (Å²) in [6, 6.07) is 8.09. The quantitative estimate of drug-likeness (QED) is 0.816. The number of thioether (sulfide) groups is 1. The first kappa shape index (κ1) is 17.9. The number of carbonyl (C=O) groups excluding carboxylic acids is 1. The average Bonchev–Trinajstić information content (AvgIpc) is 2.65. The first-order chi connectivity index (χ1) is 12.1. The SMILES string of the molecule is CSc1ccc(N2CCC(C(=O)Nc3ccc(F)c(Cl)c3)CC2)nn1. The predicted molar refractivity (Wildman–Crippen MR) is 98.8 cm³/mol. The molecule has 1 aliphatic heterocycles. The molecule has 0 bridgehead atoms. The van der Waals surface area contributed by atoms with Crippen molar-refractivity contribution in [3.63, 3.8) is 0 Å². The van der Waals surface area contributed by atoms with Crippen LogP contribution in [0.5, 0.6) is 0 Å². The topological polar surface area (TPSA) is 58.1 Å². The Hall–Kier alpha value is -1.86. The summed E-state index contributed by atoms with van der Waals surface area (Å²) >= 11 is 7.30. The predicted octanol–water partition coefficient (Wildman–Crippen LogP) is 3.85. The van der Waals surface area contributed by atoms with Gasteiger partial charge in [0, 0.05) is 24.7 Å². The number of carbonyl (C=O) groups is 1. The summed E-state index contributed by atoms with van der Waals surface area (Å²) in [5.74, 6) is 0.188. The van der Waals surface area contributed by atoms with Crippen molar-refractivity contribution in [3.8, 4) is 0 Å². The average molecular weight is 381 g/mol. The molecule has 0 radical (unpaired) electrons. The van der Waals surface area contributed by atoms with Crippen LogP contribution in [-0.2, 0) is 4.79 Å². The van der Waals surface area contributed by atoms with E-state index in [0.717, 1.165) is 36.8 Å². The number of halogens is 2. The lowest BCUT2D eigenvalue weighted by molar-refractivity contribution is -0.120. The van der Waals surface area contributed by atoms with Gasteiger partial charge in [0.1, 0.15) is 10.8 Å². The largest absolute Gasteiger partial charge is 0.355 e. The van der Waals surface area contributed by atoms with E-state index in [-0.39, 0.29) is 16.8 Å². The molecule has 2 heterocycles. The Kier molecular flexibility index (Phi) is 5.75. The molecule has 0 saturated carbocycles. The third kappa shape index (κ3) is 4.41. The van der Waals surface area contributed by atoms with Crippen LogP contribution in [0.4, 0.5) is 15.9 Å². The molecule has 1 N–H and O–H groups in total. The number of benzene rings is 1. The van der Waals surface area contributed by atoms with E-state index in [9.17, 15) is 9.18 Å². The molecule has 0 spiro atoms. The number of aromatic nitrogens is 2. The zero-order chi connectivity index (χ0) is 17.8. The highest BCUT2D eigenvalue weighted by Gasteiger charge is 2.26. The first-order valence-electron chi connectivity index (χ1n) is 7.95. The molecule has 3 rings (SSSR count). The Morgan fingerprint density at radius 3 is 2.64 bits per heavy atom. The van der Waals surface area contributed by atoms with Crippen molar-refractivity contribution < 1.29 is 9.18 Å². The lowest BCUT2D eigenvalue weighted by atomic mass is 9.96. The van der Waals surface area contributed by atoms with Gasteiger partial charge in [0.25, 0.3) is 0 Å². The van der Waals surface area contributed by atoms with Crippen LogP contribution in [0.15, 0.2) is 35.4 Å². The molecular weight excluding hydrogens is 363 g/mol. The minimum atomic E-state index is -0.499. The fourth-order valence-corrected chi connectivity index (χ4v) is 3.29. The zero-order valence-corrected chi connectivity index (χ0v) is 15.3. The molecule has 0 unspecified atom stereocenters. The highest BCUT2D eigenvalue weighted by Crippen LogP contribution is 2.25. The molecule has 1 amide bonds. The molecule has 25 heavy (non-hydrogen) atoms. The maximum absolute atomic E-state index is 13.2. The molecule has 132 valence electrons. The van der Waals surface area contributed by atoms with Gasteiger partial charge in [-0.15, -0.1) is 22.0 Å². The standard InChI is InChI=1S/C17H18ClFN4OS/c1-25-16-5-4-15(21-22-16)23-8-6-11(7-9-23)17(24)20-12-2-3-14(19)13(18)10-12/h2-5,10-11H,6-9H2,1H3,(H,20,24). The normalized spacial score (nSPS) is 15.2. The molecule has 8 heteroatoms. The van der Waals surface area contributed by atoms with Gasteiger partial charge in [-0.3, -0.25) is 4.79 Å². The van der Waals surface area contributed by atoms with Gasteiger partial charge < -0.3 is 10.2 Å². The summed E-state index contributed by atoms with van der Waals surface area (Å²) in [6.07, 6.45) is 3.42. The molecule has 1 aromatic carbocycles. The van der Waals surface area contributed by atoms with Gasteiger partial charge in [-0.1, -0.05) is 11.6 Å². The van der Waals surface area contributed by atoms with E-state index in [0.29, 0.717) is 5.69 Å². The first-order valence-corrected chi connectivity index (χ1v) is 9.55. The van der Waals surface area contributed by atoms with E-state index in [2.05, 4.69) is 20.4 Å². The van der Waals surface area contributed by atoms with Gasteiger partial charge in [0.15, 0.2) is 5.82 Å². The van der Waals surface area contributed by atoms with E-state index in [1.165, 1.54) is 18.2 Å². The van der Waals surface area contributed by atoms with E-state index in [4.69, 9.17) is 11.6 Å². The zero-order valence-electron chi connectivity index (χ0n) is 13.7. The number of hydrogen-bond donors (Lipinski definition) is 1. The third-order valence-corrected chi connectivity index (χ3v) is 5.14. The number of amides is 1. The fourth-order valence-electron chi connectivity index (χ4n) is 2.78. The number of piperidine rings is 1. The van der Waals surface area contributed by atoms with Crippen molar-refractivity contribution in [2.75, 3.05) is 29.6 Å². The van der Waals surface area contributed by atoms with Gasteiger partial charge in [0.05, 0.1) is 5.02 Å². The summed E-state index contributed by atoms with van der Waals surface area (Å²) in [5.41, 5.74) is 0.511. The van der Waals surface area contributed by atoms with E-state index >= 15 is 0 Å². The maximum atomic E-state index is 13.2. The number of nitrogens with one attached hydrogen (secondary N) is 1. The highest BCUT2D eigenvalue weighted by molar-refractivity contribution is 7.98. The Morgan fingerprint density at radius 2 is 2.04 bits per heavy atom. The summed E-state index contributed by atoms with van der Waals surface area (Å²) in [4.78, 5) is 14.5. The molecule has 1 aromatic heterocycles. The van der Waals surface area contributed by atoms with Gasteiger partial charge in [-0.05, 0) is 49.4 Å². The van der Waals surface area contributed by atoms with Crippen LogP contribution in [0.1, 0.15) is 12.8 Å². The summed E-state index contributed by atoms with van der Waals surface area (Å²) < 4.78 is 13.2. The smallest absolute Gasteiger partial charge is 0.227 e. The van der Waals surface area contributed by atoms with E-state index in [1.807, 2.05) is 18.4 Å². The van der Waals surface area contributed by atoms with Crippen molar-refractivity contribution in [2.24, 2.45) is 5.92 Å². The Labute approximate surface area is 155 Å². The van der Waals surface area contributed by atoms with Gasteiger partial charge in [-0.2, -0.15) is 0 Å². The Bertz CT molecular complexity index is 751. The van der Waals surface area contributed by atoms with Gasteiger partial charge in [-0.25, -0.2) is 4.39 Å². The molecule has 2 aromatic rings. The minimum Gasteiger partial charge on any atom is -0.355 e. The fraction of sp³-hybridized carbons (Fsp3) is 0.353. The molecule has 1 saturated heterocycles. The molecule has 0 atom stereocenters. The van der Waals surface area contributed by atoms with Crippen LogP contribution in [0.2, 0.25) is 5.02 Å². The monoisotopic (exact) mass is 380 g/mol. The number of nitrogens with zero attached hydrogens (tertiary/aromatic N) is 3. The van der Waals surface area contributed by atoms with E-state index < -0.39 is 5.82 Å². The summed E-state index contributed by atoms with van der Waals surface area (Å²) in [5, 5.41) is 12.1. The summed E-state index contributed by atoms with van der Waals surface area (Å²) in [7, 11) is 0. The molecule has 0 aliphatic carbocycles. The second-order valence-corrected chi connectivity index (χ2v) is 7.05. The Morgan fingerprint density at radius 1 is 1.28 bits per heavy atom. The van der Waals surface area contributed by atoms with Crippen molar-refractivity contribution in [1.82, 2.24) is 10.2 Å². The molecular formula is C17H18ClFN4OS. The van der Waals surface area contributed by atoms with Crippen molar-refractivity contribution in [3.05, 3.63) is 41.2 Å². The molecule has 1 fully saturated rings. The van der Waals surface area contributed by atoms with Crippen LogP contribution in [-0.4, -0.2) is 35.4 Å². The molecule has 5 nitrogen and oxygen atoms in total. The van der Waals surface area contributed by atoms with Crippen LogP contribution >= 0.6 is 23.4 Å². The van der Waals surface area contributed by atoms with Crippen molar-refractivity contribution >= 4 is 40.8 Å². The van der Waals surface area contributed by atoms with Crippen LogP contribution in [0.25, 0.3) is 0 Å². The van der Waals surface area contributed by atoms with E-state index in [1.54, 1.807) is 11.8 Å². The number of rotatable bonds is 4. The second-order valence-electron chi connectivity index (χ2n) is 5.81.